The van der Waals surface area contributed by atoms with Gasteiger partial charge in [-0.3, -0.25) is 4.90 Å². The minimum absolute atomic E-state index is 0.883. The summed E-state index contributed by atoms with van der Waals surface area (Å²) in [5.74, 6) is 0.945. The number of piperidine rings is 1. The van der Waals surface area contributed by atoms with Gasteiger partial charge in [-0.25, -0.2) is 0 Å². The summed E-state index contributed by atoms with van der Waals surface area (Å²) >= 11 is 0. The predicted molar refractivity (Wildman–Crippen MR) is 66.6 cm³/mol. The first-order valence-electron chi connectivity index (χ1n) is 7.09. The van der Waals surface area contributed by atoms with Crippen LogP contribution in [0.4, 0.5) is 0 Å². The second-order valence-electron chi connectivity index (χ2n) is 5.82. The normalized spacial score (nSPS) is 34.1. The van der Waals surface area contributed by atoms with Crippen LogP contribution in [0.5, 0.6) is 0 Å². The molecule has 1 N–H and O–H groups in total. The van der Waals surface area contributed by atoms with E-state index in [-0.39, 0.29) is 0 Å². The van der Waals surface area contributed by atoms with Gasteiger partial charge in [-0.1, -0.05) is 6.42 Å². The van der Waals surface area contributed by atoms with Crippen LogP contribution in [0.3, 0.4) is 0 Å². The van der Waals surface area contributed by atoms with Crippen molar-refractivity contribution in [2.45, 2.75) is 31.7 Å². The summed E-state index contributed by atoms with van der Waals surface area (Å²) in [6, 6.07) is 0.883. The fourth-order valence-electron chi connectivity index (χ4n) is 3.40. The van der Waals surface area contributed by atoms with E-state index in [1.165, 1.54) is 71.5 Å². The zero-order chi connectivity index (χ0) is 10.8. The molecule has 3 heterocycles. The van der Waals surface area contributed by atoms with Gasteiger partial charge in [0.2, 0.25) is 0 Å². The van der Waals surface area contributed by atoms with E-state index in [0.29, 0.717) is 0 Å². The summed E-state index contributed by atoms with van der Waals surface area (Å²) < 4.78 is 0. The van der Waals surface area contributed by atoms with E-state index in [1.807, 2.05) is 0 Å². The van der Waals surface area contributed by atoms with Gasteiger partial charge < -0.3 is 10.2 Å². The zero-order valence-electron chi connectivity index (χ0n) is 10.3. The molecule has 0 amide bonds. The van der Waals surface area contributed by atoms with Crippen LogP contribution in [0, 0.1) is 5.92 Å². The summed E-state index contributed by atoms with van der Waals surface area (Å²) in [6.07, 6.45) is 5.74. The van der Waals surface area contributed by atoms with E-state index in [0.717, 1.165) is 12.0 Å². The monoisotopic (exact) mass is 223 g/mol. The fraction of sp³-hybridized carbons (Fsp3) is 1.00. The highest BCUT2D eigenvalue weighted by atomic mass is 15.3. The van der Waals surface area contributed by atoms with E-state index in [1.54, 1.807) is 0 Å². The van der Waals surface area contributed by atoms with Gasteiger partial charge in [0.05, 0.1) is 0 Å². The molecule has 3 heteroatoms. The van der Waals surface area contributed by atoms with Gasteiger partial charge in [0, 0.05) is 32.2 Å². The quantitative estimate of drug-likeness (QED) is 0.762. The van der Waals surface area contributed by atoms with Gasteiger partial charge in [0.1, 0.15) is 0 Å². The Labute approximate surface area is 99.2 Å². The highest BCUT2D eigenvalue weighted by Crippen LogP contribution is 2.21. The number of nitrogens with one attached hydrogen (secondary N) is 1. The van der Waals surface area contributed by atoms with Gasteiger partial charge >= 0.3 is 0 Å². The maximum atomic E-state index is 3.37. The molecule has 3 rings (SSSR count). The van der Waals surface area contributed by atoms with Crippen molar-refractivity contribution in [3.63, 3.8) is 0 Å². The third-order valence-corrected chi connectivity index (χ3v) is 4.54. The van der Waals surface area contributed by atoms with Gasteiger partial charge in [-0.15, -0.1) is 0 Å². The molecule has 3 aliphatic heterocycles. The second-order valence-corrected chi connectivity index (χ2v) is 5.82. The van der Waals surface area contributed by atoms with Crippen LogP contribution in [-0.2, 0) is 0 Å². The standard InChI is InChI=1S/C13H25N3/c1-2-5-16(6-3-1)13-4-7-15(11-13)10-12-8-14-9-12/h12-14H,1-11H2. The molecule has 0 saturated carbocycles. The lowest BCUT2D eigenvalue weighted by Gasteiger charge is -2.34. The molecule has 0 aromatic carbocycles. The first-order chi connectivity index (χ1) is 7.92. The summed E-state index contributed by atoms with van der Waals surface area (Å²) in [5, 5.41) is 3.37. The zero-order valence-corrected chi connectivity index (χ0v) is 10.3. The van der Waals surface area contributed by atoms with E-state index in [2.05, 4.69) is 15.1 Å². The molecule has 0 aromatic heterocycles. The second kappa shape index (κ2) is 5.03. The number of hydrogen-bond donors (Lipinski definition) is 1. The van der Waals surface area contributed by atoms with Crippen LogP contribution < -0.4 is 5.32 Å². The Balaban J connectivity index is 1.44. The average Bonchev–Trinajstić information content (AvgIpc) is 2.73. The third-order valence-electron chi connectivity index (χ3n) is 4.54. The number of nitrogens with zero attached hydrogens (tertiary/aromatic N) is 2. The molecule has 92 valence electrons. The Hall–Kier alpha value is -0.120. The van der Waals surface area contributed by atoms with E-state index in [9.17, 15) is 0 Å². The van der Waals surface area contributed by atoms with E-state index < -0.39 is 0 Å². The Morgan fingerprint density at radius 1 is 1.00 bits per heavy atom. The maximum absolute atomic E-state index is 3.37. The van der Waals surface area contributed by atoms with Crippen LogP contribution in [0.1, 0.15) is 25.7 Å². The topological polar surface area (TPSA) is 18.5 Å². The minimum atomic E-state index is 0.883. The third kappa shape index (κ3) is 2.41. The Kier molecular flexibility index (Phi) is 3.46. The highest BCUT2D eigenvalue weighted by Gasteiger charge is 2.30. The van der Waals surface area contributed by atoms with Gasteiger partial charge in [-0.05, 0) is 44.8 Å². The molecule has 1 unspecified atom stereocenters. The number of likely N-dealkylation sites (tertiary alicyclic amines) is 2. The van der Waals surface area contributed by atoms with Crippen molar-refractivity contribution in [1.29, 1.82) is 0 Å². The molecular formula is C13H25N3. The Morgan fingerprint density at radius 3 is 2.50 bits per heavy atom. The Bertz CT molecular complexity index is 221. The highest BCUT2D eigenvalue weighted by molar-refractivity contribution is 4.87. The molecule has 0 radical (unpaired) electrons. The van der Waals surface area contributed by atoms with Crippen LogP contribution in [-0.4, -0.2) is 61.7 Å². The molecule has 3 saturated heterocycles. The maximum Gasteiger partial charge on any atom is 0.0235 e. The van der Waals surface area contributed by atoms with Crippen molar-refractivity contribution in [2.24, 2.45) is 5.92 Å². The molecule has 3 fully saturated rings. The lowest BCUT2D eigenvalue weighted by atomic mass is 10.0. The van der Waals surface area contributed by atoms with E-state index in [4.69, 9.17) is 0 Å². The van der Waals surface area contributed by atoms with E-state index >= 15 is 0 Å². The first-order valence-corrected chi connectivity index (χ1v) is 7.09. The summed E-state index contributed by atoms with van der Waals surface area (Å²) in [4.78, 5) is 5.45. The molecule has 0 aliphatic carbocycles. The average molecular weight is 223 g/mol. The lowest BCUT2D eigenvalue weighted by molar-refractivity contribution is 0.153. The molecule has 1 atom stereocenters. The van der Waals surface area contributed by atoms with Crippen LogP contribution >= 0.6 is 0 Å². The SMILES string of the molecule is C1CCN(C2CCN(CC3CNC3)C2)CC1. The largest absolute Gasteiger partial charge is 0.316 e. The van der Waals surface area contributed by atoms with Crippen molar-refractivity contribution in [1.82, 2.24) is 15.1 Å². The van der Waals surface area contributed by atoms with Gasteiger partial charge in [0.15, 0.2) is 0 Å². The molecule has 3 aliphatic rings. The summed E-state index contributed by atoms with van der Waals surface area (Å²) in [7, 11) is 0. The van der Waals surface area contributed by atoms with Crippen molar-refractivity contribution >= 4 is 0 Å². The van der Waals surface area contributed by atoms with Crippen LogP contribution in [0.15, 0.2) is 0 Å². The lowest BCUT2D eigenvalue weighted by Crippen LogP contribution is -2.48. The van der Waals surface area contributed by atoms with Crippen LogP contribution in [0.25, 0.3) is 0 Å². The van der Waals surface area contributed by atoms with Crippen LogP contribution in [0.2, 0.25) is 0 Å². The number of rotatable bonds is 3. The number of hydrogen-bond acceptors (Lipinski definition) is 3. The fourth-order valence-corrected chi connectivity index (χ4v) is 3.40. The minimum Gasteiger partial charge on any atom is -0.316 e. The van der Waals surface area contributed by atoms with Gasteiger partial charge in [-0.2, -0.15) is 0 Å². The molecule has 3 nitrogen and oxygen atoms in total. The van der Waals surface area contributed by atoms with Gasteiger partial charge in [0.25, 0.3) is 0 Å². The van der Waals surface area contributed by atoms with Crippen molar-refractivity contribution < 1.29 is 0 Å². The molecule has 0 aromatic rings. The molecule has 0 bridgehead atoms. The molecule has 0 spiro atoms. The first kappa shape index (κ1) is 11.0. The van der Waals surface area contributed by atoms with Crippen molar-refractivity contribution in [3.05, 3.63) is 0 Å². The Morgan fingerprint density at radius 2 is 1.81 bits per heavy atom. The smallest absolute Gasteiger partial charge is 0.0235 e. The van der Waals surface area contributed by atoms with Crippen molar-refractivity contribution in [2.75, 3.05) is 45.8 Å². The summed E-state index contributed by atoms with van der Waals surface area (Å²) in [5.41, 5.74) is 0. The molecular weight excluding hydrogens is 198 g/mol. The predicted octanol–water partition coefficient (Wildman–Crippen LogP) is 0.766. The molecule has 16 heavy (non-hydrogen) atoms. The van der Waals surface area contributed by atoms with Crippen molar-refractivity contribution in [3.8, 4) is 0 Å². The summed E-state index contributed by atoms with van der Waals surface area (Å²) in [6.45, 7) is 9.27.